The smallest absolute Gasteiger partial charge is 0.138 e. The number of nitrogens with one attached hydrogen (secondary N) is 1. The van der Waals surface area contributed by atoms with Gasteiger partial charge in [-0.2, -0.15) is 0 Å². The Bertz CT molecular complexity index is 871. The Balaban J connectivity index is 1.90. The molecule has 1 N–H and O–H groups in total. The molecule has 0 aliphatic rings. The second-order valence-electron chi connectivity index (χ2n) is 5.06. The van der Waals surface area contributed by atoms with E-state index in [1.54, 1.807) is 6.26 Å². The van der Waals surface area contributed by atoms with E-state index in [0.717, 1.165) is 39.3 Å². The number of aromatic amines is 1. The molecule has 2 heterocycles. The molecule has 0 bridgehead atoms. The van der Waals surface area contributed by atoms with Gasteiger partial charge in [0.1, 0.15) is 11.6 Å². The van der Waals surface area contributed by atoms with Crippen LogP contribution < -0.4 is 0 Å². The Morgan fingerprint density at radius 1 is 0.905 bits per heavy atom. The minimum Gasteiger partial charge on any atom is -0.464 e. The molecule has 21 heavy (non-hydrogen) atoms. The molecule has 0 aliphatic heterocycles. The predicted molar refractivity (Wildman–Crippen MR) is 84.0 cm³/mol. The molecule has 2 aromatic carbocycles. The van der Waals surface area contributed by atoms with Gasteiger partial charge >= 0.3 is 0 Å². The number of hydrogen-bond donors (Lipinski definition) is 1. The summed E-state index contributed by atoms with van der Waals surface area (Å²) in [6, 6.07) is 18.1. The standard InChI is InChI=1S/C18H14N2O/c1-12-13(17-10-5-11-21-17)6-4-7-14(12)18-19-15-8-2-3-9-16(15)20-18/h2-11H,1H3,(H,19,20). The quantitative estimate of drug-likeness (QED) is 0.570. The van der Waals surface area contributed by atoms with Crippen LogP contribution in [0.5, 0.6) is 0 Å². The molecular formula is C18H14N2O. The van der Waals surface area contributed by atoms with Gasteiger partial charge in [0.2, 0.25) is 0 Å². The molecule has 0 saturated heterocycles. The number of hydrogen-bond acceptors (Lipinski definition) is 2. The lowest BCUT2D eigenvalue weighted by molar-refractivity contribution is 0.582. The third kappa shape index (κ3) is 1.94. The van der Waals surface area contributed by atoms with Crippen LogP contribution in [0.2, 0.25) is 0 Å². The molecule has 102 valence electrons. The largest absolute Gasteiger partial charge is 0.464 e. The Kier molecular flexibility index (Phi) is 2.64. The van der Waals surface area contributed by atoms with Crippen LogP contribution in [0.15, 0.2) is 65.3 Å². The first-order valence-corrected chi connectivity index (χ1v) is 6.91. The van der Waals surface area contributed by atoms with Gasteiger partial charge in [0, 0.05) is 11.1 Å². The fourth-order valence-electron chi connectivity index (χ4n) is 2.67. The minimum atomic E-state index is 0.880. The van der Waals surface area contributed by atoms with E-state index in [4.69, 9.17) is 4.42 Å². The van der Waals surface area contributed by atoms with Crippen molar-refractivity contribution in [2.24, 2.45) is 0 Å². The predicted octanol–water partition coefficient (Wildman–Crippen LogP) is 4.80. The zero-order chi connectivity index (χ0) is 14.2. The summed E-state index contributed by atoms with van der Waals surface area (Å²) in [5.41, 5.74) is 5.38. The Morgan fingerprint density at radius 3 is 2.57 bits per heavy atom. The first-order valence-electron chi connectivity index (χ1n) is 6.91. The summed E-state index contributed by atoms with van der Waals surface area (Å²) >= 11 is 0. The van der Waals surface area contributed by atoms with Crippen molar-refractivity contribution in [3.8, 4) is 22.7 Å². The summed E-state index contributed by atoms with van der Waals surface area (Å²) in [6.07, 6.45) is 1.70. The maximum atomic E-state index is 5.52. The SMILES string of the molecule is Cc1c(-c2nc3ccccc3[nH]2)cccc1-c1ccco1. The fourth-order valence-corrected chi connectivity index (χ4v) is 2.67. The van der Waals surface area contributed by atoms with E-state index in [1.165, 1.54) is 0 Å². The summed E-state index contributed by atoms with van der Waals surface area (Å²) in [5.74, 6) is 1.77. The average Bonchev–Trinajstić information content (AvgIpc) is 3.16. The molecular weight excluding hydrogens is 260 g/mol. The van der Waals surface area contributed by atoms with Crippen molar-refractivity contribution >= 4 is 11.0 Å². The summed E-state index contributed by atoms with van der Waals surface area (Å²) < 4.78 is 5.52. The van der Waals surface area contributed by atoms with E-state index in [9.17, 15) is 0 Å². The number of nitrogens with zero attached hydrogens (tertiary/aromatic N) is 1. The van der Waals surface area contributed by atoms with Crippen molar-refractivity contribution in [3.63, 3.8) is 0 Å². The third-order valence-electron chi connectivity index (χ3n) is 3.76. The highest BCUT2D eigenvalue weighted by Crippen LogP contribution is 2.31. The zero-order valence-corrected chi connectivity index (χ0v) is 11.6. The van der Waals surface area contributed by atoms with Crippen molar-refractivity contribution in [2.45, 2.75) is 6.92 Å². The van der Waals surface area contributed by atoms with Crippen LogP contribution in [0, 0.1) is 6.92 Å². The fraction of sp³-hybridized carbons (Fsp3) is 0.0556. The lowest BCUT2D eigenvalue weighted by Gasteiger charge is -2.07. The summed E-state index contributed by atoms with van der Waals surface area (Å²) in [5, 5.41) is 0. The van der Waals surface area contributed by atoms with Crippen LogP contribution >= 0.6 is 0 Å². The lowest BCUT2D eigenvalue weighted by Crippen LogP contribution is -1.88. The maximum absolute atomic E-state index is 5.52. The number of furan rings is 1. The van der Waals surface area contributed by atoms with Gasteiger partial charge in [-0.25, -0.2) is 4.98 Å². The van der Waals surface area contributed by atoms with Crippen LogP contribution in [0.4, 0.5) is 0 Å². The van der Waals surface area contributed by atoms with Gasteiger partial charge in [0.25, 0.3) is 0 Å². The highest BCUT2D eigenvalue weighted by Gasteiger charge is 2.12. The van der Waals surface area contributed by atoms with Crippen molar-refractivity contribution in [2.75, 3.05) is 0 Å². The van der Waals surface area contributed by atoms with Crippen molar-refractivity contribution in [3.05, 3.63) is 66.4 Å². The molecule has 0 fully saturated rings. The van der Waals surface area contributed by atoms with E-state index in [1.807, 2.05) is 42.5 Å². The molecule has 3 heteroatoms. The Hall–Kier alpha value is -2.81. The zero-order valence-electron chi connectivity index (χ0n) is 11.6. The van der Waals surface area contributed by atoms with E-state index in [2.05, 4.69) is 29.0 Å². The molecule has 0 amide bonds. The Morgan fingerprint density at radius 2 is 1.76 bits per heavy atom. The summed E-state index contributed by atoms with van der Waals surface area (Å²) in [4.78, 5) is 8.06. The van der Waals surface area contributed by atoms with E-state index in [0.29, 0.717) is 0 Å². The van der Waals surface area contributed by atoms with Crippen molar-refractivity contribution in [1.82, 2.24) is 9.97 Å². The molecule has 0 saturated carbocycles. The van der Waals surface area contributed by atoms with Gasteiger partial charge in [-0.3, -0.25) is 0 Å². The van der Waals surface area contributed by atoms with Crippen molar-refractivity contribution < 1.29 is 4.42 Å². The van der Waals surface area contributed by atoms with Crippen LogP contribution in [-0.4, -0.2) is 9.97 Å². The number of fused-ring (bicyclic) bond motifs is 1. The third-order valence-corrected chi connectivity index (χ3v) is 3.76. The second kappa shape index (κ2) is 4.63. The number of rotatable bonds is 2. The first kappa shape index (κ1) is 12.0. The van der Waals surface area contributed by atoms with Crippen LogP contribution in [0.1, 0.15) is 5.56 Å². The van der Waals surface area contributed by atoms with Crippen LogP contribution in [0.3, 0.4) is 0 Å². The number of imidazole rings is 1. The van der Waals surface area contributed by atoms with Gasteiger partial charge in [-0.1, -0.05) is 30.3 Å². The van der Waals surface area contributed by atoms with Crippen LogP contribution in [0.25, 0.3) is 33.7 Å². The second-order valence-corrected chi connectivity index (χ2v) is 5.06. The minimum absolute atomic E-state index is 0.880. The van der Waals surface area contributed by atoms with E-state index in [-0.39, 0.29) is 0 Å². The van der Waals surface area contributed by atoms with Gasteiger partial charge in [0.15, 0.2) is 0 Å². The molecule has 0 aliphatic carbocycles. The molecule has 3 nitrogen and oxygen atoms in total. The lowest BCUT2D eigenvalue weighted by atomic mass is 10.0. The highest BCUT2D eigenvalue weighted by molar-refractivity contribution is 5.81. The molecule has 0 unspecified atom stereocenters. The monoisotopic (exact) mass is 274 g/mol. The number of para-hydroxylation sites is 2. The van der Waals surface area contributed by atoms with E-state index < -0.39 is 0 Å². The van der Waals surface area contributed by atoms with Gasteiger partial charge < -0.3 is 9.40 Å². The van der Waals surface area contributed by atoms with Gasteiger partial charge in [0.05, 0.1) is 17.3 Å². The average molecular weight is 274 g/mol. The molecule has 0 radical (unpaired) electrons. The topological polar surface area (TPSA) is 41.8 Å². The number of H-pyrrole nitrogens is 1. The first-order chi connectivity index (χ1) is 10.3. The van der Waals surface area contributed by atoms with Gasteiger partial charge in [-0.05, 0) is 36.8 Å². The van der Waals surface area contributed by atoms with E-state index >= 15 is 0 Å². The normalized spacial score (nSPS) is 11.1. The highest BCUT2D eigenvalue weighted by atomic mass is 16.3. The summed E-state index contributed by atoms with van der Waals surface area (Å²) in [7, 11) is 0. The molecule has 0 atom stereocenters. The molecule has 4 rings (SSSR count). The van der Waals surface area contributed by atoms with Gasteiger partial charge in [-0.15, -0.1) is 0 Å². The van der Waals surface area contributed by atoms with Crippen LogP contribution in [-0.2, 0) is 0 Å². The molecule has 2 aromatic heterocycles. The molecule has 4 aromatic rings. The maximum Gasteiger partial charge on any atom is 0.138 e. The summed E-state index contributed by atoms with van der Waals surface area (Å²) in [6.45, 7) is 2.10. The Labute approximate surface area is 122 Å². The number of aromatic nitrogens is 2. The van der Waals surface area contributed by atoms with Crippen molar-refractivity contribution in [1.29, 1.82) is 0 Å². The molecule has 0 spiro atoms. The number of benzene rings is 2.